The van der Waals surface area contributed by atoms with Crippen LogP contribution in [-0.2, 0) is 0 Å². The molecule has 23 heavy (non-hydrogen) atoms. The summed E-state index contributed by atoms with van der Waals surface area (Å²) in [4.78, 5) is 25.1. The van der Waals surface area contributed by atoms with E-state index in [2.05, 4.69) is 15.0 Å². The smallest absolute Gasteiger partial charge is 0.270 e. The van der Waals surface area contributed by atoms with E-state index in [1.807, 2.05) is 18.0 Å². The Morgan fingerprint density at radius 3 is 3.00 bits per heavy atom. The fourth-order valence-corrected chi connectivity index (χ4v) is 3.19. The highest BCUT2D eigenvalue weighted by molar-refractivity contribution is 5.98. The third kappa shape index (κ3) is 2.50. The number of aryl methyl sites for hydroxylation is 1. The van der Waals surface area contributed by atoms with Crippen LogP contribution in [0.25, 0.3) is 10.9 Å². The molecule has 0 bridgehead atoms. The number of carbonyl (C=O) groups is 1. The highest BCUT2D eigenvalue weighted by atomic mass is 19.1. The molecule has 1 aliphatic rings. The lowest BCUT2D eigenvalue weighted by atomic mass is 10.1. The molecule has 1 aliphatic heterocycles. The summed E-state index contributed by atoms with van der Waals surface area (Å²) in [5, 5.41) is 0.840. The van der Waals surface area contributed by atoms with Gasteiger partial charge in [-0.05, 0) is 37.6 Å². The number of fused-ring (bicyclic) bond motifs is 1. The summed E-state index contributed by atoms with van der Waals surface area (Å²) in [6.07, 6.45) is 2.71. The van der Waals surface area contributed by atoms with Crippen LogP contribution in [0.15, 0.2) is 30.5 Å². The van der Waals surface area contributed by atoms with E-state index in [4.69, 9.17) is 0 Å². The number of carbonyl (C=O) groups excluding carboxylic acids is 1. The second kappa shape index (κ2) is 5.22. The van der Waals surface area contributed by atoms with Gasteiger partial charge in [-0.1, -0.05) is 0 Å². The van der Waals surface area contributed by atoms with E-state index in [1.165, 1.54) is 12.1 Å². The Bertz CT molecular complexity index is 882. The Hall–Kier alpha value is -2.63. The van der Waals surface area contributed by atoms with Crippen molar-refractivity contribution >= 4 is 16.8 Å². The first-order chi connectivity index (χ1) is 11.1. The predicted octanol–water partition coefficient (Wildman–Crippen LogP) is 2.97. The minimum Gasteiger partial charge on any atom is -0.350 e. The van der Waals surface area contributed by atoms with Gasteiger partial charge in [0.15, 0.2) is 0 Å². The first-order valence-electron chi connectivity index (χ1n) is 7.69. The molecular weight excluding hydrogens is 295 g/mol. The molecule has 2 N–H and O–H groups in total. The fraction of sp³-hybridized carbons (Fsp3) is 0.294. The molecule has 1 aromatic carbocycles. The number of hydrogen-bond acceptors (Lipinski definition) is 2. The molecule has 2 aromatic heterocycles. The number of aromatic nitrogens is 3. The number of H-pyrrole nitrogens is 2. The van der Waals surface area contributed by atoms with E-state index in [0.717, 1.165) is 23.3 Å². The molecule has 0 saturated carbocycles. The molecule has 0 aliphatic carbocycles. The van der Waals surface area contributed by atoms with Gasteiger partial charge in [0.25, 0.3) is 5.91 Å². The van der Waals surface area contributed by atoms with Gasteiger partial charge in [0.1, 0.15) is 17.3 Å². The van der Waals surface area contributed by atoms with Crippen LogP contribution in [0, 0.1) is 12.7 Å². The van der Waals surface area contributed by atoms with Gasteiger partial charge in [-0.25, -0.2) is 9.37 Å². The summed E-state index contributed by atoms with van der Waals surface area (Å²) < 4.78 is 13.3. The van der Waals surface area contributed by atoms with Crippen molar-refractivity contribution in [2.24, 2.45) is 0 Å². The maximum Gasteiger partial charge on any atom is 0.270 e. The first kappa shape index (κ1) is 14.0. The van der Waals surface area contributed by atoms with Crippen LogP contribution in [0.5, 0.6) is 0 Å². The highest BCUT2D eigenvalue weighted by Crippen LogP contribution is 2.27. The number of hydrogen-bond donors (Lipinski definition) is 2. The van der Waals surface area contributed by atoms with E-state index in [9.17, 15) is 9.18 Å². The number of nitrogens with zero attached hydrogens (tertiary/aromatic N) is 2. The summed E-state index contributed by atoms with van der Waals surface area (Å²) in [7, 11) is 0. The van der Waals surface area contributed by atoms with E-state index in [0.29, 0.717) is 24.3 Å². The number of benzene rings is 1. The highest BCUT2D eigenvalue weighted by Gasteiger charge is 2.30. The number of nitrogens with one attached hydrogen (secondary N) is 2. The van der Waals surface area contributed by atoms with Crippen LogP contribution in [0.4, 0.5) is 4.39 Å². The Kier molecular flexibility index (Phi) is 3.18. The molecular formula is C17H17FN4O. The number of imidazole rings is 1. The zero-order valence-electron chi connectivity index (χ0n) is 12.8. The molecule has 3 aromatic rings. The van der Waals surface area contributed by atoms with E-state index >= 15 is 0 Å². The molecule has 3 heterocycles. The summed E-state index contributed by atoms with van der Waals surface area (Å²) in [6.45, 7) is 3.32. The molecule has 1 atom stereocenters. The van der Waals surface area contributed by atoms with Crippen molar-refractivity contribution in [3.8, 4) is 0 Å². The first-order valence-corrected chi connectivity index (χ1v) is 7.69. The quantitative estimate of drug-likeness (QED) is 0.764. The Morgan fingerprint density at radius 2 is 2.22 bits per heavy atom. The monoisotopic (exact) mass is 312 g/mol. The van der Waals surface area contributed by atoms with Crippen LogP contribution in [0.3, 0.4) is 0 Å². The molecule has 6 heteroatoms. The van der Waals surface area contributed by atoms with Crippen molar-refractivity contribution in [2.75, 3.05) is 13.1 Å². The van der Waals surface area contributed by atoms with Crippen LogP contribution in [0.1, 0.15) is 34.3 Å². The molecule has 1 saturated heterocycles. The maximum absolute atomic E-state index is 13.3. The lowest BCUT2D eigenvalue weighted by molar-refractivity contribution is 0.0785. The lowest BCUT2D eigenvalue weighted by Crippen LogP contribution is -2.28. The Labute approximate surface area is 132 Å². The van der Waals surface area contributed by atoms with Crippen LogP contribution in [0.2, 0.25) is 0 Å². The maximum atomic E-state index is 13.3. The number of likely N-dealkylation sites (tertiary alicyclic amines) is 1. The second-order valence-corrected chi connectivity index (χ2v) is 6.10. The predicted molar refractivity (Wildman–Crippen MR) is 84.8 cm³/mol. The van der Waals surface area contributed by atoms with E-state index in [-0.39, 0.29) is 17.6 Å². The molecule has 5 nitrogen and oxygen atoms in total. The van der Waals surface area contributed by atoms with Crippen LogP contribution in [-0.4, -0.2) is 38.8 Å². The summed E-state index contributed by atoms with van der Waals surface area (Å²) in [5.41, 5.74) is 2.18. The number of aromatic amines is 2. The van der Waals surface area contributed by atoms with Crippen LogP contribution >= 0.6 is 0 Å². The second-order valence-electron chi connectivity index (χ2n) is 6.10. The molecule has 118 valence electrons. The van der Waals surface area contributed by atoms with Crippen molar-refractivity contribution in [1.29, 1.82) is 0 Å². The number of halogens is 1. The number of rotatable bonds is 2. The van der Waals surface area contributed by atoms with Gasteiger partial charge in [-0.15, -0.1) is 0 Å². The molecule has 0 spiro atoms. The van der Waals surface area contributed by atoms with Crippen molar-refractivity contribution < 1.29 is 9.18 Å². The zero-order chi connectivity index (χ0) is 16.0. The van der Waals surface area contributed by atoms with Crippen molar-refractivity contribution in [2.45, 2.75) is 19.3 Å². The van der Waals surface area contributed by atoms with Crippen molar-refractivity contribution in [3.63, 3.8) is 0 Å². The summed E-state index contributed by atoms with van der Waals surface area (Å²) >= 11 is 0. The van der Waals surface area contributed by atoms with Crippen molar-refractivity contribution in [1.82, 2.24) is 19.9 Å². The van der Waals surface area contributed by atoms with E-state index < -0.39 is 0 Å². The Morgan fingerprint density at radius 1 is 1.35 bits per heavy atom. The largest absolute Gasteiger partial charge is 0.350 e. The lowest BCUT2D eigenvalue weighted by Gasteiger charge is -2.15. The number of amides is 1. The van der Waals surface area contributed by atoms with Gasteiger partial charge in [0.05, 0.1) is 0 Å². The van der Waals surface area contributed by atoms with Gasteiger partial charge in [-0.3, -0.25) is 4.79 Å². The van der Waals surface area contributed by atoms with Crippen molar-refractivity contribution in [3.05, 3.63) is 53.5 Å². The standard InChI is InChI=1S/C17H17FN4O/c1-10-8-19-16(20-10)12-4-5-22(9-12)17(23)15-6-11-2-3-13(18)7-14(11)21-15/h2-3,6-8,12,21H,4-5,9H2,1H3,(H,19,20). The average molecular weight is 312 g/mol. The molecule has 4 rings (SSSR count). The Balaban J connectivity index is 1.54. The molecule has 1 fully saturated rings. The minimum atomic E-state index is -0.312. The van der Waals surface area contributed by atoms with Gasteiger partial charge in [0, 0.05) is 41.8 Å². The summed E-state index contributed by atoms with van der Waals surface area (Å²) in [6, 6.07) is 6.26. The van der Waals surface area contributed by atoms with Gasteiger partial charge in [-0.2, -0.15) is 0 Å². The molecule has 1 unspecified atom stereocenters. The minimum absolute atomic E-state index is 0.0487. The fourth-order valence-electron chi connectivity index (χ4n) is 3.19. The van der Waals surface area contributed by atoms with Gasteiger partial charge >= 0.3 is 0 Å². The third-order valence-corrected chi connectivity index (χ3v) is 4.40. The summed E-state index contributed by atoms with van der Waals surface area (Å²) in [5.74, 6) is 0.825. The van der Waals surface area contributed by atoms with E-state index in [1.54, 1.807) is 12.1 Å². The molecule has 0 radical (unpaired) electrons. The zero-order valence-corrected chi connectivity index (χ0v) is 12.8. The average Bonchev–Trinajstić information content (AvgIpc) is 3.23. The molecule has 1 amide bonds. The van der Waals surface area contributed by atoms with Crippen LogP contribution < -0.4 is 0 Å². The normalized spacial score (nSPS) is 18.0. The third-order valence-electron chi connectivity index (χ3n) is 4.40. The van der Waals surface area contributed by atoms with Gasteiger partial charge < -0.3 is 14.9 Å². The topological polar surface area (TPSA) is 64.8 Å². The van der Waals surface area contributed by atoms with Gasteiger partial charge in [0.2, 0.25) is 0 Å². The SMILES string of the molecule is Cc1cnc(C2CCN(C(=O)c3cc4ccc(F)cc4[nH]3)C2)[nH]1.